The lowest BCUT2D eigenvalue weighted by Gasteiger charge is -2.50. The SMILES string of the molecule is CCOC1CC2NCC(C#N)C(NC3CCC(OCC4NCCCC4F)C(Cl)C3)C2CC1NC(=O)CCCN(C)C. The molecule has 2 aliphatic heterocycles. The van der Waals surface area contributed by atoms with Crippen molar-refractivity contribution in [1.82, 2.24) is 26.2 Å². The molecule has 0 aromatic rings. The van der Waals surface area contributed by atoms with Crippen molar-refractivity contribution in [2.75, 3.05) is 46.9 Å². The van der Waals surface area contributed by atoms with Gasteiger partial charge in [-0.05, 0) is 91.4 Å². The van der Waals surface area contributed by atoms with Crippen LogP contribution in [-0.2, 0) is 14.3 Å². The molecule has 11 unspecified atom stereocenters. The maximum Gasteiger partial charge on any atom is 0.220 e. The highest BCUT2D eigenvalue weighted by molar-refractivity contribution is 6.21. The third kappa shape index (κ3) is 9.21. The normalized spacial score (nSPS) is 39.6. The largest absolute Gasteiger partial charge is 0.376 e. The van der Waals surface area contributed by atoms with Crippen LogP contribution < -0.4 is 21.3 Å². The van der Waals surface area contributed by atoms with Crippen LogP contribution in [0.2, 0.25) is 0 Å². The van der Waals surface area contributed by atoms with Gasteiger partial charge in [-0.1, -0.05) is 0 Å². The average molecular weight is 599 g/mol. The summed E-state index contributed by atoms with van der Waals surface area (Å²) in [4.78, 5) is 14.9. The molecule has 234 valence electrons. The van der Waals surface area contributed by atoms with E-state index in [9.17, 15) is 14.4 Å². The number of hydrogen-bond donors (Lipinski definition) is 4. The molecule has 4 aliphatic rings. The molecule has 4 rings (SSSR count). The number of rotatable bonds is 12. The summed E-state index contributed by atoms with van der Waals surface area (Å²) in [5.41, 5.74) is 0. The Morgan fingerprint density at radius 2 is 1.98 bits per heavy atom. The highest BCUT2D eigenvalue weighted by Crippen LogP contribution is 2.36. The maximum absolute atomic E-state index is 14.2. The van der Waals surface area contributed by atoms with Crippen LogP contribution in [0.4, 0.5) is 4.39 Å². The molecule has 4 N–H and O–H groups in total. The minimum absolute atomic E-state index is 0.00652. The van der Waals surface area contributed by atoms with Gasteiger partial charge in [0.15, 0.2) is 0 Å². The molecule has 0 spiro atoms. The lowest BCUT2D eigenvalue weighted by Crippen LogP contribution is -2.66. The zero-order chi connectivity index (χ0) is 29.4. The second kappa shape index (κ2) is 16.1. The van der Waals surface area contributed by atoms with Gasteiger partial charge in [-0.3, -0.25) is 4.79 Å². The van der Waals surface area contributed by atoms with Crippen molar-refractivity contribution in [2.24, 2.45) is 11.8 Å². The summed E-state index contributed by atoms with van der Waals surface area (Å²) in [6, 6.07) is 2.62. The third-order valence-corrected chi connectivity index (χ3v) is 9.96. The number of ether oxygens (including phenoxy) is 2. The summed E-state index contributed by atoms with van der Waals surface area (Å²) in [5.74, 6) is 0.0904. The summed E-state index contributed by atoms with van der Waals surface area (Å²) in [7, 11) is 4.03. The number of amides is 1. The van der Waals surface area contributed by atoms with Gasteiger partial charge >= 0.3 is 0 Å². The van der Waals surface area contributed by atoms with Crippen LogP contribution >= 0.6 is 11.6 Å². The number of nitrogens with zero attached hydrogens (tertiary/aromatic N) is 2. The zero-order valence-corrected chi connectivity index (χ0v) is 25.9. The Balaban J connectivity index is 1.34. The average Bonchev–Trinajstić information content (AvgIpc) is 2.94. The van der Waals surface area contributed by atoms with Crippen LogP contribution in [0.3, 0.4) is 0 Å². The summed E-state index contributed by atoms with van der Waals surface area (Å²) in [5, 5.41) is 23.9. The standard InChI is InChI=1S/C30H52ClFN6O3/c1-4-40-28-15-24-21(14-25(28)37-29(39)8-6-12-38(2)3)30(19(16-33)17-35-24)36-20-9-10-27(22(31)13-20)41-18-26-23(32)7-5-11-34-26/h19-28,30,34-36H,4-15,17-18H2,1-3H3,(H,37,39). The number of carbonyl (C=O) groups excluding carboxylic acids is 1. The molecule has 0 bridgehead atoms. The van der Waals surface area contributed by atoms with Crippen LogP contribution in [0, 0.1) is 23.2 Å². The molecule has 0 radical (unpaired) electrons. The topological polar surface area (TPSA) is 111 Å². The van der Waals surface area contributed by atoms with E-state index in [2.05, 4.69) is 32.2 Å². The monoisotopic (exact) mass is 598 g/mol. The fourth-order valence-corrected chi connectivity index (χ4v) is 7.70. The van der Waals surface area contributed by atoms with E-state index in [0.29, 0.717) is 32.6 Å². The summed E-state index contributed by atoms with van der Waals surface area (Å²) >= 11 is 6.83. The quantitative estimate of drug-likeness (QED) is 0.253. The predicted molar refractivity (Wildman–Crippen MR) is 159 cm³/mol. The van der Waals surface area contributed by atoms with Crippen LogP contribution in [0.5, 0.6) is 0 Å². The van der Waals surface area contributed by atoms with E-state index in [0.717, 1.165) is 58.0 Å². The van der Waals surface area contributed by atoms with Gasteiger partial charge in [0, 0.05) is 37.7 Å². The van der Waals surface area contributed by atoms with E-state index in [-0.39, 0.29) is 65.5 Å². The highest BCUT2D eigenvalue weighted by atomic mass is 35.5. The van der Waals surface area contributed by atoms with E-state index in [1.165, 1.54) is 0 Å². The van der Waals surface area contributed by atoms with Gasteiger partial charge in [-0.15, -0.1) is 11.6 Å². The fraction of sp³-hybridized carbons (Fsp3) is 0.933. The van der Waals surface area contributed by atoms with Gasteiger partial charge in [0.1, 0.15) is 6.17 Å². The Kier molecular flexibility index (Phi) is 12.9. The van der Waals surface area contributed by atoms with Gasteiger partial charge in [-0.2, -0.15) is 5.26 Å². The first kappa shape index (κ1) is 32.8. The van der Waals surface area contributed by atoms with Gasteiger partial charge in [0.2, 0.25) is 5.91 Å². The first-order chi connectivity index (χ1) is 19.8. The lowest BCUT2D eigenvalue weighted by atomic mass is 9.69. The molecule has 0 aromatic carbocycles. The van der Waals surface area contributed by atoms with Crippen LogP contribution in [0.15, 0.2) is 0 Å². The number of hydrogen-bond acceptors (Lipinski definition) is 8. The van der Waals surface area contributed by atoms with Crippen molar-refractivity contribution in [3.05, 3.63) is 0 Å². The Labute approximate surface area is 251 Å². The molecule has 1 amide bonds. The molecule has 41 heavy (non-hydrogen) atoms. The van der Waals surface area contributed by atoms with Crippen molar-refractivity contribution < 1.29 is 18.7 Å². The van der Waals surface area contributed by atoms with Crippen molar-refractivity contribution in [2.45, 2.75) is 119 Å². The van der Waals surface area contributed by atoms with Gasteiger partial charge < -0.3 is 35.6 Å². The third-order valence-electron chi connectivity index (χ3n) is 9.51. The van der Waals surface area contributed by atoms with Gasteiger partial charge in [0.25, 0.3) is 0 Å². The van der Waals surface area contributed by atoms with Crippen molar-refractivity contribution >= 4 is 17.5 Å². The van der Waals surface area contributed by atoms with E-state index in [4.69, 9.17) is 21.1 Å². The molecule has 2 saturated heterocycles. The number of nitrogens with one attached hydrogen (secondary N) is 4. The minimum atomic E-state index is -0.865. The second-order valence-electron chi connectivity index (χ2n) is 12.8. The number of halogens is 2. The Morgan fingerprint density at radius 1 is 1.15 bits per heavy atom. The fourth-order valence-electron chi connectivity index (χ4n) is 7.29. The Morgan fingerprint density at radius 3 is 2.68 bits per heavy atom. The second-order valence-corrected chi connectivity index (χ2v) is 13.3. The molecule has 11 heteroatoms. The molecule has 9 nitrogen and oxygen atoms in total. The number of nitriles is 1. The summed E-state index contributed by atoms with van der Waals surface area (Å²) in [6.07, 6.45) is 5.79. The number of piperidine rings is 2. The molecule has 2 aliphatic carbocycles. The van der Waals surface area contributed by atoms with Crippen LogP contribution in [0.25, 0.3) is 0 Å². The first-order valence-electron chi connectivity index (χ1n) is 15.9. The molecule has 2 saturated carbocycles. The van der Waals surface area contributed by atoms with Crippen LogP contribution in [-0.4, -0.2) is 112 Å². The van der Waals surface area contributed by atoms with Gasteiger partial charge in [0.05, 0.1) is 48.3 Å². The molecule has 11 atom stereocenters. The van der Waals surface area contributed by atoms with E-state index >= 15 is 0 Å². The predicted octanol–water partition coefficient (Wildman–Crippen LogP) is 2.33. The zero-order valence-electron chi connectivity index (χ0n) is 25.1. The lowest BCUT2D eigenvalue weighted by molar-refractivity contribution is -0.124. The Bertz CT molecular complexity index is 865. The van der Waals surface area contributed by atoms with Crippen molar-refractivity contribution in [1.29, 1.82) is 5.26 Å². The van der Waals surface area contributed by atoms with Crippen molar-refractivity contribution in [3.8, 4) is 6.07 Å². The van der Waals surface area contributed by atoms with E-state index < -0.39 is 6.17 Å². The summed E-state index contributed by atoms with van der Waals surface area (Å²) < 4.78 is 26.5. The van der Waals surface area contributed by atoms with E-state index in [1.54, 1.807) is 0 Å². The molecular formula is C30H52ClFN6O3. The highest BCUT2D eigenvalue weighted by Gasteiger charge is 2.47. The molecule has 2 heterocycles. The first-order valence-corrected chi connectivity index (χ1v) is 16.3. The van der Waals surface area contributed by atoms with Gasteiger partial charge in [-0.25, -0.2) is 4.39 Å². The Hall–Kier alpha value is -1.06. The molecule has 0 aromatic heterocycles. The molecular weight excluding hydrogens is 547 g/mol. The minimum Gasteiger partial charge on any atom is -0.376 e. The number of carbonyl (C=O) groups is 1. The number of fused-ring (bicyclic) bond motifs is 1. The smallest absolute Gasteiger partial charge is 0.220 e. The van der Waals surface area contributed by atoms with Crippen LogP contribution in [0.1, 0.15) is 64.7 Å². The maximum atomic E-state index is 14.2. The number of alkyl halides is 2. The van der Waals surface area contributed by atoms with Crippen molar-refractivity contribution in [3.63, 3.8) is 0 Å². The molecule has 4 fully saturated rings. The summed E-state index contributed by atoms with van der Waals surface area (Å²) in [6.45, 7) is 5.29. The van der Waals surface area contributed by atoms with E-state index in [1.807, 2.05) is 21.0 Å².